The average Bonchev–Trinajstić information content (AvgIpc) is 2.72. The topological polar surface area (TPSA) is 83.1 Å². The van der Waals surface area contributed by atoms with Crippen molar-refractivity contribution in [3.63, 3.8) is 0 Å². The number of nitriles is 1. The van der Waals surface area contributed by atoms with Gasteiger partial charge in [-0.1, -0.05) is 30.3 Å². The number of hydrogen-bond donors (Lipinski definition) is 0. The molecule has 0 fully saturated rings. The van der Waals surface area contributed by atoms with Gasteiger partial charge in [0.2, 0.25) is 0 Å². The first-order valence-electron chi connectivity index (χ1n) is 8.20. The van der Waals surface area contributed by atoms with Gasteiger partial charge in [-0.05, 0) is 42.0 Å². The van der Waals surface area contributed by atoms with Crippen LogP contribution in [0.25, 0.3) is 11.6 Å². The summed E-state index contributed by atoms with van der Waals surface area (Å²) in [6, 6.07) is 21.7. The molecule has 0 bridgehead atoms. The summed E-state index contributed by atoms with van der Waals surface area (Å²) >= 11 is 0. The van der Waals surface area contributed by atoms with E-state index in [0.717, 1.165) is 5.69 Å². The Morgan fingerprint density at radius 2 is 1.89 bits per heavy atom. The molecule has 0 spiro atoms. The molecule has 1 heterocycles. The Morgan fingerprint density at radius 1 is 1.15 bits per heavy atom. The van der Waals surface area contributed by atoms with Crippen molar-refractivity contribution in [3.05, 3.63) is 94.3 Å². The first-order valence-corrected chi connectivity index (χ1v) is 8.20. The number of benzene rings is 2. The number of aromatic nitrogens is 1. The minimum atomic E-state index is -0.418. The van der Waals surface area contributed by atoms with Crippen LogP contribution in [0, 0.1) is 21.4 Å². The van der Waals surface area contributed by atoms with Gasteiger partial charge in [-0.25, -0.2) is 0 Å². The van der Waals surface area contributed by atoms with Crippen molar-refractivity contribution in [1.29, 1.82) is 5.26 Å². The van der Waals surface area contributed by atoms with Crippen LogP contribution in [0.5, 0.6) is 0 Å². The fourth-order valence-electron chi connectivity index (χ4n) is 2.70. The van der Waals surface area contributed by atoms with E-state index in [1.165, 1.54) is 6.07 Å². The van der Waals surface area contributed by atoms with E-state index in [-0.39, 0.29) is 5.69 Å². The molecule has 0 aliphatic carbocycles. The smallest absolute Gasteiger partial charge is 0.293 e. The molecule has 0 aliphatic rings. The van der Waals surface area contributed by atoms with Gasteiger partial charge in [0, 0.05) is 25.0 Å². The number of hydrogen-bond acceptors (Lipinski definition) is 5. The normalized spacial score (nSPS) is 10.9. The zero-order valence-electron chi connectivity index (χ0n) is 14.6. The average molecular weight is 356 g/mol. The predicted molar refractivity (Wildman–Crippen MR) is 105 cm³/mol. The van der Waals surface area contributed by atoms with E-state index in [1.54, 1.807) is 54.6 Å². The highest BCUT2D eigenvalue weighted by Crippen LogP contribution is 2.33. The Morgan fingerprint density at radius 3 is 2.52 bits per heavy atom. The SMILES string of the molecule is CN(c1ccccc1)c1ccc(C=C(C#N)c2ccccn2)cc1[N+](=O)[O-]. The van der Waals surface area contributed by atoms with Gasteiger partial charge in [-0.3, -0.25) is 15.1 Å². The van der Waals surface area contributed by atoms with Crippen molar-refractivity contribution in [2.75, 3.05) is 11.9 Å². The van der Waals surface area contributed by atoms with Gasteiger partial charge in [0.15, 0.2) is 0 Å². The molecule has 0 N–H and O–H groups in total. The van der Waals surface area contributed by atoms with Gasteiger partial charge in [0.1, 0.15) is 11.8 Å². The van der Waals surface area contributed by atoms with Crippen LogP contribution in [0.4, 0.5) is 17.1 Å². The number of nitro benzene ring substituents is 1. The predicted octanol–water partition coefficient (Wildman–Crippen LogP) is 4.82. The molecule has 0 unspecified atom stereocenters. The zero-order chi connectivity index (χ0) is 19.2. The van der Waals surface area contributed by atoms with Crippen LogP contribution in [0.1, 0.15) is 11.3 Å². The number of anilines is 2. The molecule has 3 aromatic rings. The van der Waals surface area contributed by atoms with E-state index in [1.807, 2.05) is 30.3 Å². The first-order chi connectivity index (χ1) is 13.1. The van der Waals surface area contributed by atoms with Crippen LogP contribution >= 0.6 is 0 Å². The summed E-state index contributed by atoms with van der Waals surface area (Å²) in [7, 11) is 1.78. The van der Waals surface area contributed by atoms with E-state index in [4.69, 9.17) is 0 Å². The summed E-state index contributed by atoms with van der Waals surface area (Å²) in [5.41, 5.74) is 2.71. The van der Waals surface area contributed by atoms with Crippen molar-refractivity contribution in [1.82, 2.24) is 4.98 Å². The summed E-state index contributed by atoms with van der Waals surface area (Å²) in [5, 5.41) is 21.0. The Kier molecular flexibility index (Phi) is 5.24. The quantitative estimate of drug-likeness (QED) is 0.372. The molecule has 3 rings (SSSR count). The summed E-state index contributed by atoms with van der Waals surface area (Å²) in [4.78, 5) is 17.1. The van der Waals surface area contributed by atoms with Crippen molar-refractivity contribution < 1.29 is 4.92 Å². The number of pyridine rings is 1. The van der Waals surface area contributed by atoms with E-state index >= 15 is 0 Å². The molecule has 0 saturated carbocycles. The zero-order valence-corrected chi connectivity index (χ0v) is 14.6. The van der Waals surface area contributed by atoms with Gasteiger partial charge >= 0.3 is 0 Å². The number of allylic oxidation sites excluding steroid dienone is 1. The van der Waals surface area contributed by atoms with Gasteiger partial charge in [-0.15, -0.1) is 0 Å². The lowest BCUT2D eigenvalue weighted by molar-refractivity contribution is -0.384. The Bertz CT molecular complexity index is 1030. The van der Waals surface area contributed by atoms with Crippen LogP contribution in [0.3, 0.4) is 0 Å². The maximum Gasteiger partial charge on any atom is 0.293 e. The van der Waals surface area contributed by atoms with Gasteiger partial charge in [0.05, 0.1) is 16.2 Å². The molecule has 6 heteroatoms. The molecule has 0 atom stereocenters. The number of para-hydroxylation sites is 1. The molecular weight excluding hydrogens is 340 g/mol. The van der Waals surface area contributed by atoms with Gasteiger partial charge < -0.3 is 4.90 Å². The summed E-state index contributed by atoms with van der Waals surface area (Å²) in [6.07, 6.45) is 3.20. The molecule has 0 aliphatic heterocycles. The Labute approximate surface area is 156 Å². The van der Waals surface area contributed by atoms with Crippen LogP contribution in [-0.4, -0.2) is 17.0 Å². The standard InChI is InChI=1S/C21H16N4O2/c1-24(18-7-3-2-4-8-18)20-11-10-16(14-21(20)25(26)27)13-17(15-22)19-9-5-6-12-23-19/h2-14H,1H3. The van der Waals surface area contributed by atoms with E-state index < -0.39 is 4.92 Å². The molecule has 0 saturated heterocycles. The maximum absolute atomic E-state index is 11.6. The summed E-state index contributed by atoms with van der Waals surface area (Å²) < 4.78 is 0. The Balaban J connectivity index is 2.03. The van der Waals surface area contributed by atoms with Crippen molar-refractivity contribution in [2.24, 2.45) is 0 Å². The third-order valence-electron chi connectivity index (χ3n) is 4.07. The largest absolute Gasteiger partial charge is 0.339 e. The maximum atomic E-state index is 11.6. The van der Waals surface area contributed by atoms with Gasteiger partial charge in [0.25, 0.3) is 5.69 Å². The van der Waals surface area contributed by atoms with Gasteiger partial charge in [-0.2, -0.15) is 5.26 Å². The number of nitrogens with zero attached hydrogens (tertiary/aromatic N) is 4. The lowest BCUT2D eigenvalue weighted by Gasteiger charge is -2.19. The minimum absolute atomic E-state index is 0.0339. The van der Waals surface area contributed by atoms with E-state index in [0.29, 0.717) is 22.5 Å². The second-order valence-electron chi connectivity index (χ2n) is 5.78. The first kappa shape index (κ1) is 17.8. The second kappa shape index (κ2) is 7.93. The number of nitro groups is 1. The monoisotopic (exact) mass is 356 g/mol. The highest BCUT2D eigenvalue weighted by atomic mass is 16.6. The fourth-order valence-corrected chi connectivity index (χ4v) is 2.70. The van der Waals surface area contributed by atoms with Crippen LogP contribution in [-0.2, 0) is 0 Å². The molecule has 0 radical (unpaired) electrons. The summed E-state index contributed by atoms with van der Waals surface area (Å²) in [5.74, 6) is 0. The molecular formula is C21H16N4O2. The van der Waals surface area contributed by atoms with E-state index in [9.17, 15) is 15.4 Å². The molecule has 27 heavy (non-hydrogen) atoms. The second-order valence-corrected chi connectivity index (χ2v) is 5.78. The third kappa shape index (κ3) is 3.99. The lowest BCUT2D eigenvalue weighted by Crippen LogP contribution is -2.11. The van der Waals surface area contributed by atoms with Crippen molar-refractivity contribution in [2.45, 2.75) is 0 Å². The highest BCUT2D eigenvalue weighted by molar-refractivity contribution is 5.89. The fraction of sp³-hybridized carbons (Fsp3) is 0.0476. The van der Waals surface area contributed by atoms with Crippen LogP contribution in [0.15, 0.2) is 72.9 Å². The number of rotatable bonds is 5. The molecule has 0 amide bonds. The molecule has 1 aromatic heterocycles. The van der Waals surface area contributed by atoms with Crippen molar-refractivity contribution in [3.8, 4) is 6.07 Å². The highest BCUT2D eigenvalue weighted by Gasteiger charge is 2.18. The summed E-state index contributed by atoms with van der Waals surface area (Å²) in [6.45, 7) is 0. The van der Waals surface area contributed by atoms with Crippen LogP contribution in [0.2, 0.25) is 0 Å². The molecule has 2 aromatic carbocycles. The van der Waals surface area contributed by atoms with Crippen LogP contribution < -0.4 is 4.90 Å². The third-order valence-corrected chi connectivity index (χ3v) is 4.07. The lowest BCUT2D eigenvalue weighted by atomic mass is 10.1. The van der Waals surface area contributed by atoms with Crippen molar-refractivity contribution >= 4 is 28.7 Å². The Hall–Kier alpha value is -3.98. The molecule has 6 nitrogen and oxygen atoms in total. The van der Waals surface area contributed by atoms with E-state index in [2.05, 4.69) is 11.1 Å². The molecule has 132 valence electrons. The minimum Gasteiger partial charge on any atom is -0.339 e.